The lowest BCUT2D eigenvalue weighted by Crippen LogP contribution is -2.43. The number of halogens is 2. The number of hydrogen-bond donors (Lipinski definition) is 1. The third-order valence-electron chi connectivity index (χ3n) is 3.56. The predicted molar refractivity (Wildman–Crippen MR) is 89.1 cm³/mol. The van der Waals surface area contributed by atoms with Crippen LogP contribution in [-0.4, -0.2) is 25.0 Å². The van der Waals surface area contributed by atoms with E-state index in [4.69, 9.17) is 16.3 Å². The van der Waals surface area contributed by atoms with Crippen LogP contribution in [0.4, 0.5) is 15.8 Å². The van der Waals surface area contributed by atoms with Gasteiger partial charge in [0, 0.05) is 5.69 Å². The predicted octanol–water partition coefficient (Wildman–Crippen LogP) is 3.15. The summed E-state index contributed by atoms with van der Waals surface area (Å²) in [4.78, 5) is 25.7. The first kappa shape index (κ1) is 16.3. The molecule has 2 aromatic rings. The van der Waals surface area contributed by atoms with E-state index in [1.54, 1.807) is 6.07 Å². The molecule has 0 unspecified atom stereocenters. The highest BCUT2D eigenvalue weighted by Crippen LogP contribution is 2.32. The number of hydrogen-bond acceptors (Lipinski definition) is 3. The van der Waals surface area contributed by atoms with Gasteiger partial charge in [-0.1, -0.05) is 17.7 Å². The first-order valence-corrected chi connectivity index (χ1v) is 7.60. The van der Waals surface area contributed by atoms with Crippen molar-refractivity contribution in [2.45, 2.75) is 6.92 Å². The highest BCUT2D eigenvalue weighted by atomic mass is 35.5. The second-order valence-corrected chi connectivity index (χ2v) is 5.82. The van der Waals surface area contributed by atoms with Crippen LogP contribution in [0.5, 0.6) is 5.75 Å². The van der Waals surface area contributed by atoms with Crippen molar-refractivity contribution in [3.05, 3.63) is 52.8 Å². The van der Waals surface area contributed by atoms with E-state index in [0.29, 0.717) is 17.1 Å². The van der Waals surface area contributed by atoms with E-state index in [1.807, 2.05) is 19.1 Å². The summed E-state index contributed by atoms with van der Waals surface area (Å²) in [5.41, 5.74) is 1.90. The standard InChI is InChI=1S/C17H14ClFN2O3/c1-10-2-5-14-15(6-10)24-9-17(23)21(14)8-16(22)20-11-3-4-13(19)12(18)7-11/h2-7H,8-9H2,1H3,(H,20,22). The van der Waals surface area contributed by atoms with Gasteiger partial charge in [0.15, 0.2) is 6.61 Å². The molecule has 0 aromatic heterocycles. The smallest absolute Gasteiger partial charge is 0.265 e. The molecule has 1 aliphatic rings. The number of nitrogens with one attached hydrogen (secondary N) is 1. The van der Waals surface area contributed by atoms with Crippen LogP contribution in [0.15, 0.2) is 36.4 Å². The Hall–Kier alpha value is -2.60. The fourth-order valence-corrected chi connectivity index (χ4v) is 2.58. The van der Waals surface area contributed by atoms with Gasteiger partial charge in [-0.25, -0.2) is 4.39 Å². The van der Waals surface area contributed by atoms with Crippen molar-refractivity contribution >= 4 is 34.8 Å². The SMILES string of the molecule is Cc1ccc2c(c1)OCC(=O)N2CC(=O)Nc1ccc(F)c(Cl)c1. The van der Waals surface area contributed by atoms with Crippen molar-refractivity contribution < 1.29 is 18.7 Å². The Labute approximate surface area is 143 Å². The largest absolute Gasteiger partial charge is 0.482 e. The molecule has 0 bridgehead atoms. The summed E-state index contributed by atoms with van der Waals surface area (Å²) in [6.07, 6.45) is 0. The molecule has 0 saturated heterocycles. The van der Waals surface area contributed by atoms with Crippen molar-refractivity contribution in [2.75, 3.05) is 23.4 Å². The quantitative estimate of drug-likeness (QED) is 0.927. The van der Waals surface area contributed by atoms with Crippen molar-refractivity contribution in [2.24, 2.45) is 0 Å². The molecule has 0 radical (unpaired) electrons. The number of anilines is 2. The minimum absolute atomic E-state index is 0.0870. The van der Waals surface area contributed by atoms with E-state index in [1.165, 1.54) is 17.0 Å². The zero-order valence-corrected chi connectivity index (χ0v) is 13.6. The molecule has 0 fully saturated rings. The summed E-state index contributed by atoms with van der Waals surface area (Å²) < 4.78 is 18.5. The molecule has 1 N–H and O–H groups in total. The van der Waals surface area contributed by atoms with Gasteiger partial charge in [0.2, 0.25) is 5.91 Å². The molecule has 0 aliphatic carbocycles. The van der Waals surface area contributed by atoms with Crippen LogP contribution in [0.1, 0.15) is 5.56 Å². The van der Waals surface area contributed by atoms with Gasteiger partial charge in [-0.15, -0.1) is 0 Å². The van der Waals surface area contributed by atoms with E-state index in [0.717, 1.165) is 11.6 Å². The van der Waals surface area contributed by atoms with Crippen LogP contribution in [0.2, 0.25) is 5.02 Å². The lowest BCUT2D eigenvalue weighted by molar-refractivity contribution is -0.123. The third-order valence-corrected chi connectivity index (χ3v) is 3.85. The van der Waals surface area contributed by atoms with Crippen LogP contribution in [0.25, 0.3) is 0 Å². The van der Waals surface area contributed by atoms with Crippen molar-refractivity contribution in [1.29, 1.82) is 0 Å². The Morgan fingerprint density at radius 3 is 2.88 bits per heavy atom. The molecule has 0 spiro atoms. The Bertz CT molecular complexity index is 825. The molecule has 0 saturated carbocycles. The topological polar surface area (TPSA) is 58.6 Å². The second kappa shape index (κ2) is 6.49. The molecule has 0 atom stereocenters. The number of carbonyl (C=O) groups excluding carboxylic acids is 2. The minimum Gasteiger partial charge on any atom is -0.482 e. The molecule has 124 valence electrons. The summed E-state index contributed by atoms with van der Waals surface area (Å²) in [6.45, 7) is 1.62. The van der Waals surface area contributed by atoms with Gasteiger partial charge in [-0.3, -0.25) is 14.5 Å². The average molecular weight is 349 g/mol. The number of benzene rings is 2. The van der Waals surface area contributed by atoms with Gasteiger partial charge in [0.1, 0.15) is 18.1 Å². The molecular formula is C17H14ClFN2O3. The van der Waals surface area contributed by atoms with E-state index in [-0.39, 0.29) is 24.1 Å². The van der Waals surface area contributed by atoms with Gasteiger partial charge in [0.25, 0.3) is 5.91 Å². The first-order chi connectivity index (χ1) is 11.4. The van der Waals surface area contributed by atoms with Crippen LogP contribution >= 0.6 is 11.6 Å². The molecule has 1 heterocycles. The number of aryl methyl sites for hydroxylation is 1. The maximum Gasteiger partial charge on any atom is 0.265 e. The molecular weight excluding hydrogens is 335 g/mol. The number of amides is 2. The lowest BCUT2D eigenvalue weighted by Gasteiger charge is -2.29. The Kier molecular flexibility index (Phi) is 4.40. The van der Waals surface area contributed by atoms with Gasteiger partial charge in [-0.05, 0) is 42.8 Å². The van der Waals surface area contributed by atoms with Gasteiger partial charge in [-0.2, -0.15) is 0 Å². The van der Waals surface area contributed by atoms with Crippen LogP contribution < -0.4 is 15.0 Å². The number of rotatable bonds is 3. The molecule has 3 rings (SSSR count). The zero-order valence-electron chi connectivity index (χ0n) is 12.8. The Balaban J connectivity index is 1.76. The van der Waals surface area contributed by atoms with Crippen molar-refractivity contribution in [1.82, 2.24) is 0 Å². The number of carbonyl (C=O) groups is 2. The van der Waals surface area contributed by atoms with E-state index < -0.39 is 11.7 Å². The highest BCUT2D eigenvalue weighted by Gasteiger charge is 2.27. The second-order valence-electron chi connectivity index (χ2n) is 5.42. The molecule has 1 aliphatic heterocycles. The van der Waals surface area contributed by atoms with Crippen molar-refractivity contribution in [3.8, 4) is 5.75 Å². The lowest BCUT2D eigenvalue weighted by atomic mass is 10.1. The molecule has 2 amide bonds. The highest BCUT2D eigenvalue weighted by molar-refractivity contribution is 6.31. The van der Waals surface area contributed by atoms with Crippen LogP contribution in [-0.2, 0) is 9.59 Å². The minimum atomic E-state index is -0.567. The number of nitrogens with zero attached hydrogens (tertiary/aromatic N) is 1. The average Bonchev–Trinajstić information content (AvgIpc) is 2.53. The monoisotopic (exact) mass is 348 g/mol. The molecule has 2 aromatic carbocycles. The molecule has 7 heteroatoms. The normalized spacial score (nSPS) is 13.3. The van der Waals surface area contributed by atoms with Gasteiger partial charge in [0.05, 0.1) is 10.7 Å². The molecule has 5 nitrogen and oxygen atoms in total. The molecule has 24 heavy (non-hydrogen) atoms. The summed E-state index contributed by atoms with van der Waals surface area (Å²) >= 11 is 5.69. The zero-order chi connectivity index (χ0) is 17.3. The Morgan fingerprint density at radius 2 is 2.12 bits per heavy atom. The van der Waals surface area contributed by atoms with E-state index in [9.17, 15) is 14.0 Å². The van der Waals surface area contributed by atoms with Gasteiger partial charge >= 0.3 is 0 Å². The number of ether oxygens (including phenoxy) is 1. The summed E-state index contributed by atoms with van der Waals surface area (Å²) in [5, 5.41) is 2.51. The van der Waals surface area contributed by atoms with Gasteiger partial charge < -0.3 is 10.1 Å². The van der Waals surface area contributed by atoms with Crippen LogP contribution in [0, 0.1) is 12.7 Å². The van der Waals surface area contributed by atoms with Crippen molar-refractivity contribution in [3.63, 3.8) is 0 Å². The summed E-state index contributed by atoms with van der Waals surface area (Å²) in [6, 6.07) is 9.27. The Morgan fingerprint density at radius 1 is 1.33 bits per heavy atom. The first-order valence-electron chi connectivity index (χ1n) is 7.23. The number of fused-ring (bicyclic) bond motifs is 1. The van der Waals surface area contributed by atoms with E-state index in [2.05, 4.69) is 5.32 Å². The third kappa shape index (κ3) is 3.33. The maximum absolute atomic E-state index is 13.1. The fourth-order valence-electron chi connectivity index (χ4n) is 2.40. The summed E-state index contributed by atoms with van der Waals surface area (Å²) in [7, 11) is 0. The summed E-state index contributed by atoms with van der Waals surface area (Å²) in [5.74, 6) is -0.729. The fraction of sp³-hybridized carbons (Fsp3) is 0.176. The maximum atomic E-state index is 13.1. The van der Waals surface area contributed by atoms with E-state index >= 15 is 0 Å². The van der Waals surface area contributed by atoms with Crippen LogP contribution in [0.3, 0.4) is 0 Å².